The van der Waals surface area contributed by atoms with Gasteiger partial charge in [0.15, 0.2) is 5.76 Å². The van der Waals surface area contributed by atoms with E-state index >= 15 is 0 Å². The molecule has 0 fully saturated rings. The van der Waals surface area contributed by atoms with Gasteiger partial charge in [0, 0.05) is 24.2 Å². The molecule has 1 amide bonds. The van der Waals surface area contributed by atoms with Crippen LogP contribution in [0, 0.1) is 0 Å². The number of unbranched alkanes of at least 4 members (excludes halogenated alkanes) is 1. The summed E-state index contributed by atoms with van der Waals surface area (Å²) in [6.45, 7) is 5.65. The van der Waals surface area contributed by atoms with Crippen molar-refractivity contribution in [2.45, 2.75) is 26.7 Å². The minimum Gasteiger partial charge on any atom is -0.355 e. The van der Waals surface area contributed by atoms with E-state index in [4.69, 9.17) is 4.52 Å². The van der Waals surface area contributed by atoms with Crippen LogP contribution in [0.1, 0.15) is 37.0 Å². The second-order valence-electron chi connectivity index (χ2n) is 5.85. The highest BCUT2D eigenvalue weighted by Gasteiger charge is 2.17. The molecule has 0 aliphatic rings. The molecule has 0 aliphatic carbocycles. The van der Waals surface area contributed by atoms with Crippen molar-refractivity contribution in [3.63, 3.8) is 0 Å². The molecule has 4 nitrogen and oxygen atoms in total. The average Bonchev–Trinajstić information content (AvgIpc) is 3.06. The van der Waals surface area contributed by atoms with Crippen LogP contribution in [0.2, 0.25) is 0 Å². The van der Waals surface area contributed by atoms with Crippen molar-refractivity contribution in [2.24, 2.45) is 0 Å². The van der Waals surface area contributed by atoms with E-state index in [0.29, 0.717) is 17.9 Å². The summed E-state index contributed by atoms with van der Waals surface area (Å²) in [5, 5.41) is 4.98. The Labute approximate surface area is 142 Å². The van der Waals surface area contributed by atoms with Crippen molar-refractivity contribution in [2.75, 3.05) is 13.1 Å². The lowest BCUT2D eigenvalue weighted by atomic mass is 10.1. The second kappa shape index (κ2) is 7.30. The van der Waals surface area contributed by atoms with Crippen molar-refractivity contribution in [1.82, 2.24) is 10.1 Å². The van der Waals surface area contributed by atoms with Crippen LogP contribution < -0.4 is 0 Å². The Kier molecular flexibility index (Phi) is 4.94. The highest BCUT2D eigenvalue weighted by atomic mass is 16.5. The van der Waals surface area contributed by atoms with Gasteiger partial charge in [-0.3, -0.25) is 4.79 Å². The van der Waals surface area contributed by atoms with E-state index in [1.807, 2.05) is 60.4 Å². The summed E-state index contributed by atoms with van der Waals surface area (Å²) >= 11 is 0. The van der Waals surface area contributed by atoms with Gasteiger partial charge < -0.3 is 9.42 Å². The Morgan fingerprint density at radius 3 is 2.62 bits per heavy atom. The first-order chi connectivity index (χ1) is 11.7. The molecule has 0 atom stereocenters. The lowest BCUT2D eigenvalue weighted by Gasteiger charge is -2.20. The Morgan fingerprint density at radius 2 is 1.92 bits per heavy atom. The zero-order chi connectivity index (χ0) is 16.9. The average molecular weight is 322 g/mol. The summed E-state index contributed by atoms with van der Waals surface area (Å²) in [4.78, 5) is 14.7. The number of rotatable bonds is 6. The molecule has 3 aromatic rings. The van der Waals surface area contributed by atoms with Crippen LogP contribution in [0.4, 0.5) is 0 Å². The zero-order valence-electron chi connectivity index (χ0n) is 14.2. The normalized spacial score (nSPS) is 10.9. The zero-order valence-corrected chi connectivity index (χ0v) is 14.2. The van der Waals surface area contributed by atoms with E-state index in [0.717, 1.165) is 35.9 Å². The van der Waals surface area contributed by atoms with Gasteiger partial charge in [0.25, 0.3) is 5.91 Å². The molecule has 0 saturated heterocycles. The Balaban J connectivity index is 1.97. The van der Waals surface area contributed by atoms with Gasteiger partial charge in [-0.05, 0) is 31.5 Å². The van der Waals surface area contributed by atoms with Crippen molar-refractivity contribution < 1.29 is 9.32 Å². The predicted molar refractivity (Wildman–Crippen MR) is 95.9 cm³/mol. The van der Waals surface area contributed by atoms with E-state index in [-0.39, 0.29) is 5.91 Å². The molecule has 0 aliphatic heterocycles. The van der Waals surface area contributed by atoms with Crippen LogP contribution in [-0.4, -0.2) is 29.1 Å². The number of carbonyl (C=O) groups is 1. The third kappa shape index (κ3) is 3.18. The number of carbonyl (C=O) groups excluding carboxylic acids is 1. The number of amides is 1. The van der Waals surface area contributed by atoms with E-state index in [9.17, 15) is 4.79 Å². The number of nitrogens with zero attached hydrogens (tertiary/aromatic N) is 2. The second-order valence-corrected chi connectivity index (χ2v) is 5.85. The predicted octanol–water partition coefficient (Wildman–Crippen LogP) is 4.76. The molecule has 3 rings (SSSR count). The summed E-state index contributed by atoms with van der Waals surface area (Å²) < 4.78 is 5.51. The highest BCUT2D eigenvalue weighted by Crippen LogP contribution is 2.29. The standard InChI is InChI=1S/C20H22N2O2/c1-3-5-13-22(4-2)20(23)16-11-12-18-17(14-16)19(24-21-18)15-9-7-6-8-10-15/h6-12,14H,3-5,13H2,1-2H3. The summed E-state index contributed by atoms with van der Waals surface area (Å²) in [5.41, 5.74) is 2.41. The van der Waals surface area contributed by atoms with E-state index in [1.165, 1.54) is 0 Å². The Hall–Kier alpha value is -2.62. The molecule has 1 aromatic heterocycles. The van der Waals surface area contributed by atoms with Crippen molar-refractivity contribution in [3.05, 3.63) is 54.1 Å². The van der Waals surface area contributed by atoms with Gasteiger partial charge in [-0.25, -0.2) is 0 Å². The summed E-state index contributed by atoms with van der Waals surface area (Å²) in [5.74, 6) is 0.768. The van der Waals surface area contributed by atoms with Gasteiger partial charge in [0.2, 0.25) is 0 Å². The minimum absolute atomic E-state index is 0.0630. The first-order valence-electron chi connectivity index (χ1n) is 8.48. The molecule has 0 saturated carbocycles. The largest absolute Gasteiger partial charge is 0.355 e. The number of benzene rings is 2. The molecular formula is C20H22N2O2. The fourth-order valence-corrected chi connectivity index (χ4v) is 2.81. The van der Waals surface area contributed by atoms with Crippen LogP contribution in [0.25, 0.3) is 22.2 Å². The topological polar surface area (TPSA) is 46.3 Å². The van der Waals surface area contributed by atoms with Crippen LogP contribution in [0.5, 0.6) is 0 Å². The van der Waals surface area contributed by atoms with Crippen molar-refractivity contribution in [1.29, 1.82) is 0 Å². The summed E-state index contributed by atoms with van der Waals surface area (Å²) in [7, 11) is 0. The lowest BCUT2D eigenvalue weighted by molar-refractivity contribution is 0.0762. The molecule has 0 N–H and O–H groups in total. The summed E-state index contributed by atoms with van der Waals surface area (Å²) in [6.07, 6.45) is 2.09. The van der Waals surface area contributed by atoms with E-state index < -0.39 is 0 Å². The summed E-state index contributed by atoms with van der Waals surface area (Å²) in [6, 6.07) is 15.4. The van der Waals surface area contributed by atoms with Gasteiger partial charge in [-0.2, -0.15) is 0 Å². The van der Waals surface area contributed by atoms with Gasteiger partial charge in [0.05, 0.1) is 5.39 Å². The molecule has 0 radical (unpaired) electrons. The van der Waals surface area contributed by atoms with Crippen molar-refractivity contribution >= 4 is 16.8 Å². The van der Waals surface area contributed by atoms with E-state index in [1.54, 1.807) is 0 Å². The molecule has 24 heavy (non-hydrogen) atoms. The quantitative estimate of drug-likeness (QED) is 0.657. The van der Waals surface area contributed by atoms with Gasteiger partial charge in [-0.15, -0.1) is 0 Å². The lowest BCUT2D eigenvalue weighted by Crippen LogP contribution is -2.31. The van der Waals surface area contributed by atoms with Crippen molar-refractivity contribution in [3.8, 4) is 11.3 Å². The highest BCUT2D eigenvalue weighted by molar-refractivity contribution is 6.01. The monoisotopic (exact) mass is 322 g/mol. The van der Waals surface area contributed by atoms with Crippen LogP contribution in [0.3, 0.4) is 0 Å². The first-order valence-corrected chi connectivity index (χ1v) is 8.48. The molecule has 0 unspecified atom stereocenters. The number of fused-ring (bicyclic) bond motifs is 1. The van der Waals surface area contributed by atoms with Crippen LogP contribution in [-0.2, 0) is 0 Å². The maximum atomic E-state index is 12.8. The molecule has 2 aromatic carbocycles. The van der Waals surface area contributed by atoms with Gasteiger partial charge in [0.1, 0.15) is 5.52 Å². The van der Waals surface area contributed by atoms with Crippen LogP contribution in [0.15, 0.2) is 53.1 Å². The molecular weight excluding hydrogens is 300 g/mol. The van der Waals surface area contributed by atoms with Crippen LogP contribution >= 0.6 is 0 Å². The maximum absolute atomic E-state index is 12.8. The maximum Gasteiger partial charge on any atom is 0.253 e. The Bertz CT molecular complexity index is 824. The molecule has 1 heterocycles. The fraction of sp³-hybridized carbons (Fsp3) is 0.300. The third-order valence-electron chi connectivity index (χ3n) is 4.21. The molecule has 4 heteroatoms. The number of hydrogen-bond donors (Lipinski definition) is 0. The molecule has 0 spiro atoms. The third-order valence-corrected chi connectivity index (χ3v) is 4.21. The van der Waals surface area contributed by atoms with Gasteiger partial charge >= 0.3 is 0 Å². The minimum atomic E-state index is 0.0630. The number of aromatic nitrogens is 1. The smallest absolute Gasteiger partial charge is 0.253 e. The SMILES string of the molecule is CCCCN(CC)C(=O)c1ccc2noc(-c3ccccc3)c2c1. The fourth-order valence-electron chi connectivity index (χ4n) is 2.81. The molecule has 124 valence electrons. The van der Waals surface area contributed by atoms with E-state index in [2.05, 4.69) is 12.1 Å². The van der Waals surface area contributed by atoms with Gasteiger partial charge in [-0.1, -0.05) is 48.8 Å². The Morgan fingerprint density at radius 1 is 1.12 bits per heavy atom. The number of hydrogen-bond acceptors (Lipinski definition) is 3. The molecule has 0 bridgehead atoms. The first kappa shape index (κ1) is 16.2.